The minimum Gasteiger partial charge on any atom is -0.481 e. The van der Waals surface area contributed by atoms with Gasteiger partial charge in [0.25, 0.3) is 0 Å². The second-order valence-electron chi connectivity index (χ2n) is 5.16. The van der Waals surface area contributed by atoms with E-state index in [1.807, 2.05) is 0 Å². The molecule has 0 unspecified atom stereocenters. The highest BCUT2D eigenvalue weighted by Crippen LogP contribution is 2.30. The number of aliphatic carboxylic acids is 2. The number of carbonyl (C=O) groups is 4. The predicted molar refractivity (Wildman–Crippen MR) is 72.9 cm³/mol. The number of esters is 2. The zero-order valence-electron chi connectivity index (χ0n) is 12.5. The Balaban J connectivity index is 1.83. The summed E-state index contributed by atoms with van der Waals surface area (Å²) in [6.45, 7) is 0.0539. The molecule has 2 heterocycles. The molecular weight excluding hydrogens is 328 g/mol. The molecule has 0 aromatic rings. The van der Waals surface area contributed by atoms with Gasteiger partial charge >= 0.3 is 23.9 Å². The Hall–Kier alpha value is -2.46. The minimum atomic E-state index is -1.28. The second kappa shape index (κ2) is 7.88. The number of hydrogen-bond acceptors (Lipinski definition) is 8. The lowest BCUT2D eigenvalue weighted by molar-refractivity contribution is -0.156. The van der Waals surface area contributed by atoms with Crippen molar-refractivity contribution in [3.8, 4) is 0 Å². The maximum Gasteiger partial charge on any atom is 0.331 e. The predicted octanol–water partition coefficient (Wildman–Crippen LogP) is -0.887. The SMILES string of the molecule is O=C(O)C=CC(=O)O[C@@H]1CO[C@H]2[C@@H]1OC[C@H]2OC(=O)CCC(=O)O. The fourth-order valence-corrected chi connectivity index (χ4v) is 2.40. The van der Waals surface area contributed by atoms with Gasteiger partial charge < -0.3 is 29.2 Å². The molecule has 24 heavy (non-hydrogen) atoms. The van der Waals surface area contributed by atoms with Crippen LogP contribution in [0, 0.1) is 0 Å². The third kappa shape index (κ3) is 4.77. The van der Waals surface area contributed by atoms with Crippen molar-refractivity contribution in [2.45, 2.75) is 37.3 Å². The van der Waals surface area contributed by atoms with Crippen LogP contribution in [0.5, 0.6) is 0 Å². The summed E-state index contributed by atoms with van der Waals surface area (Å²) in [4.78, 5) is 43.8. The molecule has 0 spiro atoms. The van der Waals surface area contributed by atoms with Crippen molar-refractivity contribution in [3.63, 3.8) is 0 Å². The van der Waals surface area contributed by atoms with Crippen LogP contribution in [0.4, 0.5) is 0 Å². The number of carbonyl (C=O) groups excluding carboxylic acids is 2. The highest BCUT2D eigenvalue weighted by Gasteiger charge is 2.51. The highest BCUT2D eigenvalue weighted by atomic mass is 16.7. The van der Waals surface area contributed by atoms with Crippen molar-refractivity contribution in [1.82, 2.24) is 0 Å². The van der Waals surface area contributed by atoms with E-state index < -0.39 is 48.3 Å². The van der Waals surface area contributed by atoms with E-state index in [0.29, 0.717) is 6.08 Å². The molecule has 0 aromatic heterocycles. The Bertz CT molecular complexity index is 554. The molecule has 0 aromatic carbocycles. The summed E-state index contributed by atoms with van der Waals surface area (Å²) in [6, 6.07) is 0. The Labute approximate surface area is 135 Å². The van der Waals surface area contributed by atoms with Gasteiger partial charge in [-0.3, -0.25) is 9.59 Å². The molecule has 0 amide bonds. The lowest BCUT2D eigenvalue weighted by Crippen LogP contribution is -2.35. The summed E-state index contributed by atoms with van der Waals surface area (Å²) in [5.74, 6) is -3.92. The topological polar surface area (TPSA) is 146 Å². The Kier molecular flexibility index (Phi) is 5.88. The molecule has 10 nitrogen and oxygen atoms in total. The third-order valence-corrected chi connectivity index (χ3v) is 3.42. The van der Waals surface area contributed by atoms with Crippen molar-refractivity contribution < 1.29 is 48.3 Å². The third-order valence-electron chi connectivity index (χ3n) is 3.42. The number of ether oxygens (including phenoxy) is 4. The number of carboxylic acid groups (broad SMARTS) is 2. The van der Waals surface area contributed by atoms with Crippen LogP contribution in [-0.4, -0.2) is 71.7 Å². The van der Waals surface area contributed by atoms with Gasteiger partial charge in [-0.15, -0.1) is 0 Å². The van der Waals surface area contributed by atoms with E-state index >= 15 is 0 Å². The average Bonchev–Trinajstić information content (AvgIpc) is 3.07. The van der Waals surface area contributed by atoms with Crippen LogP contribution in [-0.2, 0) is 38.1 Å². The van der Waals surface area contributed by atoms with Crippen LogP contribution >= 0.6 is 0 Å². The summed E-state index contributed by atoms with van der Waals surface area (Å²) < 4.78 is 21.0. The van der Waals surface area contributed by atoms with Gasteiger partial charge in [-0.1, -0.05) is 0 Å². The first kappa shape index (κ1) is 17.9. The summed E-state index contributed by atoms with van der Waals surface area (Å²) in [6.07, 6.45) is -1.89. The molecule has 0 bridgehead atoms. The zero-order valence-corrected chi connectivity index (χ0v) is 12.5. The van der Waals surface area contributed by atoms with Crippen molar-refractivity contribution in [1.29, 1.82) is 0 Å². The maximum atomic E-state index is 11.6. The van der Waals surface area contributed by atoms with E-state index in [-0.39, 0.29) is 26.1 Å². The summed E-state index contributed by atoms with van der Waals surface area (Å²) >= 11 is 0. The van der Waals surface area contributed by atoms with Gasteiger partial charge in [-0.25, -0.2) is 9.59 Å². The standard InChI is InChI=1S/C14H16O10/c15-9(16)1-3-11(19)23-7-5-21-14-8(6-22-13(7)14)24-12(20)4-2-10(17)18/h1,3,7-8,13-14H,2,4-6H2,(H,15,16)(H,17,18)/t7-,8-,13-,14-/m1/s1. The van der Waals surface area contributed by atoms with E-state index in [0.717, 1.165) is 6.08 Å². The quantitative estimate of drug-likeness (QED) is 0.440. The van der Waals surface area contributed by atoms with Crippen molar-refractivity contribution >= 4 is 23.9 Å². The fraction of sp³-hybridized carbons (Fsp3) is 0.571. The average molecular weight is 344 g/mol. The van der Waals surface area contributed by atoms with Crippen molar-refractivity contribution in [3.05, 3.63) is 12.2 Å². The monoisotopic (exact) mass is 344 g/mol. The van der Waals surface area contributed by atoms with E-state index in [2.05, 4.69) is 0 Å². The highest BCUT2D eigenvalue weighted by molar-refractivity contribution is 5.90. The molecule has 132 valence electrons. The maximum absolute atomic E-state index is 11.6. The first-order valence-corrected chi connectivity index (χ1v) is 7.13. The summed E-state index contributed by atoms with van der Waals surface area (Å²) in [5.41, 5.74) is 0. The number of carboxylic acids is 2. The molecule has 0 saturated carbocycles. The van der Waals surface area contributed by atoms with Gasteiger partial charge in [-0.2, -0.15) is 0 Å². The molecule has 10 heteroatoms. The molecule has 2 aliphatic heterocycles. The van der Waals surface area contributed by atoms with E-state index in [4.69, 9.17) is 29.2 Å². The molecular formula is C14H16O10. The van der Waals surface area contributed by atoms with Gasteiger partial charge in [0, 0.05) is 12.2 Å². The Morgan fingerprint density at radius 1 is 0.917 bits per heavy atom. The van der Waals surface area contributed by atoms with Crippen molar-refractivity contribution in [2.24, 2.45) is 0 Å². The van der Waals surface area contributed by atoms with E-state index in [1.54, 1.807) is 0 Å². The molecule has 2 saturated heterocycles. The summed E-state index contributed by atoms with van der Waals surface area (Å²) in [7, 11) is 0. The molecule has 0 radical (unpaired) electrons. The second-order valence-corrected chi connectivity index (χ2v) is 5.16. The van der Waals surface area contributed by atoms with Gasteiger partial charge in [0.05, 0.1) is 26.1 Å². The molecule has 0 aliphatic carbocycles. The smallest absolute Gasteiger partial charge is 0.331 e. The van der Waals surface area contributed by atoms with Crippen LogP contribution in [0.15, 0.2) is 12.2 Å². The van der Waals surface area contributed by atoms with Crippen LogP contribution < -0.4 is 0 Å². The lowest BCUT2D eigenvalue weighted by Gasteiger charge is -2.16. The van der Waals surface area contributed by atoms with E-state index in [1.165, 1.54) is 0 Å². The number of hydrogen-bond donors (Lipinski definition) is 2. The first-order chi connectivity index (χ1) is 11.4. The Morgan fingerprint density at radius 2 is 1.50 bits per heavy atom. The van der Waals surface area contributed by atoms with Gasteiger partial charge in [0.1, 0.15) is 12.2 Å². The van der Waals surface area contributed by atoms with Gasteiger partial charge in [0.2, 0.25) is 0 Å². The van der Waals surface area contributed by atoms with Crippen LogP contribution in [0.25, 0.3) is 0 Å². The lowest BCUT2D eigenvalue weighted by atomic mass is 10.1. The van der Waals surface area contributed by atoms with Crippen LogP contribution in [0.3, 0.4) is 0 Å². The first-order valence-electron chi connectivity index (χ1n) is 7.13. The normalized spacial score (nSPS) is 28.5. The molecule has 2 aliphatic rings. The summed E-state index contributed by atoms with van der Waals surface area (Å²) in [5, 5.41) is 17.0. The largest absolute Gasteiger partial charge is 0.481 e. The Morgan fingerprint density at radius 3 is 2.04 bits per heavy atom. The zero-order chi connectivity index (χ0) is 17.7. The van der Waals surface area contributed by atoms with Gasteiger partial charge in [0.15, 0.2) is 12.2 Å². The molecule has 2 N–H and O–H groups in total. The number of rotatable bonds is 7. The van der Waals surface area contributed by atoms with E-state index in [9.17, 15) is 19.2 Å². The van der Waals surface area contributed by atoms with Crippen LogP contribution in [0.1, 0.15) is 12.8 Å². The number of fused-ring (bicyclic) bond motifs is 1. The molecule has 2 fully saturated rings. The fourth-order valence-electron chi connectivity index (χ4n) is 2.40. The minimum absolute atomic E-state index is 0.0190. The molecule has 2 rings (SSSR count). The van der Waals surface area contributed by atoms with Crippen LogP contribution in [0.2, 0.25) is 0 Å². The van der Waals surface area contributed by atoms with Crippen molar-refractivity contribution in [2.75, 3.05) is 13.2 Å². The molecule has 4 atom stereocenters. The van der Waals surface area contributed by atoms with Gasteiger partial charge in [-0.05, 0) is 0 Å².